The minimum Gasteiger partial charge on any atom is -0.497 e. The summed E-state index contributed by atoms with van der Waals surface area (Å²) in [5.74, 6) is 1.15. The van der Waals surface area contributed by atoms with Crippen LogP contribution in [-0.2, 0) is 11.2 Å². The maximum absolute atomic E-state index is 13.3. The molecule has 1 heterocycles. The van der Waals surface area contributed by atoms with Gasteiger partial charge in [0, 0.05) is 12.2 Å². The summed E-state index contributed by atoms with van der Waals surface area (Å²) in [6.45, 7) is 0.731. The lowest BCUT2D eigenvalue weighted by molar-refractivity contribution is -0.118. The van der Waals surface area contributed by atoms with Gasteiger partial charge in [0.1, 0.15) is 5.75 Å². The molecule has 1 aliphatic rings. The van der Waals surface area contributed by atoms with E-state index >= 15 is 0 Å². The van der Waals surface area contributed by atoms with Gasteiger partial charge in [-0.1, -0.05) is 60.7 Å². The molecule has 0 bridgehead atoms. The summed E-state index contributed by atoms with van der Waals surface area (Å²) < 4.78 is 5.26. The van der Waals surface area contributed by atoms with E-state index in [1.807, 2.05) is 65.6 Å². The van der Waals surface area contributed by atoms with Crippen LogP contribution in [0.2, 0.25) is 0 Å². The highest BCUT2D eigenvalue weighted by molar-refractivity contribution is 6.00. The summed E-state index contributed by atoms with van der Waals surface area (Å²) in [4.78, 5) is 15.2. The summed E-state index contributed by atoms with van der Waals surface area (Å²) in [5, 5.41) is 0. The fraction of sp³-hybridized carbons (Fsp3) is 0.208. The molecule has 0 spiro atoms. The van der Waals surface area contributed by atoms with Crippen molar-refractivity contribution in [2.75, 3.05) is 18.6 Å². The molecule has 0 unspecified atom stereocenters. The molecule has 0 N–H and O–H groups in total. The minimum atomic E-state index is -0.117. The van der Waals surface area contributed by atoms with E-state index < -0.39 is 0 Å². The molecule has 1 fully saturated rings. The second kappa shape index (κ2) is 7.67. The zero-order chi connectivity index (χ0) is 18.6. The molecule has 136 valence electrons. The quantitative estimate of drug-likeness (QED) is 0.663. The molecule has 1 aliphatic heterocycles. The van der Waals surface area contributed by atoms with Gasteiger partial charge in [-0.05, 0) is 47.7 Å². The van der Waals surface area contributed by atoms with Crippen LogP contribution in [0.15, 0.2) is 84.9 Å². The van der Waals surface area contributed by atoms with Gasteiger partial charge in [0.15, 0.2) is 0 Å². The normalized spacial score (nSPS) is 19.3. The highest BCUT2D eigenvalue weighted by atomic mass is 16.5. The Morgan fingerprint density at radius 1 is 0.889 bits per heavy atom. The summed E-state index contributed by atoms with van der Waals surface area (Å²) in [6.07, 6.45) is 0.860. The van der Waals surface area contributed by atoms with Gasteiger partial charge in [-0.3, -0.25) is 4.79 Å². The average Bonchev–Trinajstić information content (AvgIpc) is 3.05. The van der Waals surface area contributed by atoms with Crippen LogP contribution >= 0.6 is 0 Å². The van der Waals surface area contributed by atoms with Crippen LogP contribution in [0, 0.1) is 5.92 Å². The number of hydrogen-bond donors (Lipinski definition) is 0. The number of carbonyl (C=O) groups is 1. The fourth-order valence-electron chi connectivity index (χ4n) is 3.96. The highest BCUT2D eigenvalue weighted by Gasteiger charge is 2.41. The third-order valence-corrected chi connectivity index (χ3v) is 5.30. The third kappa shape index (κ3) is 3.59. The van der Waals surface area contributed by atoms with E-state index in [1.165, 1.54) is 5.56 Å². The van der Waals surface area contributed by atoms with Gasteiger partial charge in [0.2, 0.25) is 5.91 Å². The van der Waals surface area contributed by atoms with Crippen molar-refractivity contribution in [2.45, 2.75) is 12.3 Å². The monoisotopic (exact) mass is 357 g/mol. The van der Waals surface area contributed by atoms with Crippen molar-refractivity contribution in [2.24, 2.45) is 5.92 Å². The van der Waals surface area contributed by atoms with Crippen molar-refractivity contribution >= 4 is 11.6 Å². The molecule has 27 heavy (non-hydrogen) atoms. The first-order valence-electron chi connectivity index (χ1n) is 9.30. The van der Waals surface area contributed by atoms with Crippen LogP contribution in [0.5, 0.6) is 5.75 Å². The Labute approximate surface area is 160 Å². The number of carbonyl (C=O) groups excluding carboxylic acids is 1. The standard InChI is InChI=1S/C24H23NO2/c1-27-22-14-12-18(13-15-22)16-20-17-25(21-10-6-3-7-11-21)24(26)23(20)19-8-4-2-5-9-19/h2-15,20,23H,16-17H2,1H3/t20-,23+/m1/s1. The Bertz CT molecular complexity index is 891. The number of amides is 1. The highest BCUT2D eigenvalue weighted by Crippen LogP contribution is 2.38. The van der Waals surface area contributed by atoms with Crippen LogP contribution in [0.25, 0.3) is 0 Å². The van der Waals surface area contributed by atoms with E-state index in [-0.39, 0.29) is 17.7 Å². The van der Waals surface area contributed by atoms with Gasteiger partial charge in [-0.2, -0.15) is 0 Å². The molecule has 0 aliphatic carbocycles. The number of rotatable bonds is 5. The van der Waals surface area contributed by atoms with Crippen molar-refractivity contribution in [3.05, 3.63) is 96.1 Å². The average molecular weight is 357 g/mol. The van der Waals surface area contributed by atoms with Crippen LogP contribution in [0.3, 0.4) is 0 Å². The van der Waals surface area contributed by atoms with Crippen LogP contribution < -0.4 is 9.64 Å². The van der Waals surface area contributed by atoms with Crippen molar-refractivity contribution in [1.29, 1.82) is 0 Å². The second-order valence-corrected chi connectivity index (χ2v) is 6.99. The zero-order valence-corrected chi connectivity index (χ0v) is 15.4. The molecule has 3 aromatic carbocycles. The number of para-hydroxylation sites is 1. The molecule has 2 atom stereocenters. The van der Waals surface area contributed by atoms with Gasteiger partial charge in [0.05, 0.1) is 13.0 Å². The van der Waals surface area contributed by atoms with Crippen molar-refractivity contribution < 1.29 is 9.53 Å². The first-order chi connectivity index (χ1) is 13.3. The Balaban J connectivity index is 1.65. The molecule has 0 radical (unpaired) electrons. The van der Waals surface area contributed by atoms with Crippen molar-refractivity contribution in [3.63, 3.8) is 0 Å². The molecule has 3 aromatic rings. The molecule has 3 heteroatoms. The van der Waals surface area contributed by atoms with E-state index in [4.69, 9.17) is 4.74 Å². The van der Waals surface area contributed by atoms with E-state index in [0.717, 1.165) is 30.0 Å². The Hall–Kier alpha value is -3.07. The second-order valence-electron chi connectivity index (χ2n) is 6.99. The van der Waals surface area contributed by atoms with Crippen molar-refractivity contribution in [1.82, 2.24) is 0 Å². The topological polar surface area (TPSA) is 29.5 Å². The first-order valence-corrected chi connectivity index (χ1v) is 9.30. The Morgan fingerprint density at radius 3 is 2.15 bits per heavy atom. The molecule has 1 amide bonds. The number of anilines is 1. The van der Waals surface area contributed by atoms with Gasteiger partial charge in [-0.15, -0.1) is 0 Å². The number of nitrogens with zero attached hydrogens (tertiary/aromatic N) is 1. The maximum atomic E-state index is 13.3. The largest absolute Gasteiger partial charge is 0.497 e. The summed E-state index contributed by atoms with van der Waals surface area (Å²) in [6, 6.07) is 28.3. The van der Waals surface area contributed by atoms with Crippen LogP contribution in [0.1, 0.15) is 17.0 Å². The Kier molecular flexibility index (Phi) is 4.93. The number of methoxy groups -OCH3 is 1. The molecule has 1 saturated heterocycles. The summed E-state index contributed by atoms with van der Waals surface area (Å²) in [5.41, 5.74) is 3.30. The van der Waals surface area contributed by atoms with Crippen LogP contribution in [0.4, 0.5) is 5.69 Å². The lowest BCUT2D eigenvalue weighted by Crippen LogP contribution is -2.26. The predicted molar refractivity (Wildman–Crippen MR) is 108 cm³/mol. The minimum absolute atomic E-state index is 0.117. The summed E-state index contributed by atoms with van der Waals surface area (Å²) in [7, 11) is 1.67. The molecular formula is C24H23NO2. The maximum Gasteiger partial charge on any atom is 0.234 e. The third-order valence-electron chi connectivity index (χ3n) is 5.30. The van der Waals surface area contributed by atoms with E-state index in [2.05, 4.69) is 24.3 Å². The molecule has 0 saturated carbocycles. The van der Waals surface area contributed by atoms with E-state index in [1.54, 1.807) is 7.11 Å². The lowest BCUT2D eigenvalue weighted by atomic mass is 9.84. The number of hydrogen-bond acceptors (Lipinski definition) is 2. The van der Waals surface area contributed by atoms with Gasteiger partial charge in [-0.25, -0.2) is 0 Å². The molecular weight excluding hydrogens is 334 g/mol. The summed E-state index contributed by atoms with van der Waals surface area (Å²) >= 11 is 0. The molecule has 4 rings (SSSR count). The SMILES string of the molecule is COc1ccc(C[C@@H]2CN(c3ccccc3)C(=O)[C@H]2c2ccccc2)cc1. The molecule has 3 nitrogen and oxygen atoms in total. The fourth-order valence-corrected chi connectivity index (χ4v) is 3.96. The zero-order valence-electron chi connectivity index (χ0n) is 15.4. The Morgan fingerprint density at radius 2 is 1.52 bits per heavy atom. The van der Waals surface area contributed by atoms with E-state index in [0.29, 0.717) is 0 Å². The smallest absolute Gasteiger partial charge is 0.234 e. The molecule has 0 aromatic heterocycles. The lowest BCUT2D eigenvalue weighted by Gasteiger charge is -2.17. The van der Waals surface area contributed by atoms with Gasteiger partial charge in [0.25, 0.3) is 0 Å². The van der Waals surface area contributed by atoms with Gasteiger partial charge >= 0.3 is 0 Å². The number of ether oxygens (including phenoxy) is 1. The van der Waals surface area contributed by atoms with Gasteiger partial charge < -0.3 is 9.64 Å². The predicted octanol–water partition coefficient (Wildman–Crippen LogP) is 4.68. The van der Waals surface area contributed by atoms with E-state index in [9.17, 15) is 4.79 Å². The first kappa shape index (κ1) is 17.3. The van der Waals surface area contributed by atoms with Crippen molar-refractivity contribution in [3.8, 4) is 5.75 Å². The van der Waals surface area contributed by atoms with Crippen LogP contribution in [-0.4, -0.2) is 19.6 Å². The number of benzene rings is 3.